The number of benzene rings is 3. The highest BCUT2D eigenvalue weighted by atomic mass is 35.5. The van der Waals surface area contributed by atoms with Gasteiger partial charge in [-0.2, -0.15) is 0 Å². The number of aryl methyl sites for hydroxylation is 1. The molecule has 0 aliphatic rings. The Bertz CT molecular complexity index is 1400. The summed E-state index contributed by atoms with van der Waals surface area (Å²) in [6.07, 6.45) is 2.91. The van der Waals surface area contributed by atoms with Gasteiger partial charge in [0.25, 0.3) is 11.8 Å². The third kappa shape index (κ3) is 6.14. The van der Waals surface area contributed by atoms with Crippen molar-refractivity contribution in [2.24, 2.45) is 0 Å². The number of anilines is 1. The van der Waals surface area contributed by atoms with Crippen LogP contribution in [0.1, 0.15) is 21.7 Å². The molecule has 2 N–H and O–H groups in total. The lowest BCUT2D eigenvalue weighted by Gasteiger charge is -2.16. The number of hydrogen-bond donors (Lipinski definition) is 2. The second-order valence-corrected chi connectivity index (χ2v) is 8.18. The highest BCUT2D eigenvalue weighted by molar-refractivity contribution is 6.31. The summed E-state index contributed by atoms with van der Waals surface area (Å²) < 4.78 is 16.7. The molecule has 0 fully saturated rings. The van der Waals surface area contributed by atoms with E-state index in [2.05, 4.69) is 10.6 Å². The highest BCUT2D eigenvalue weighted by Gasteiger charge is 2.18. The van der Waals surface area contributed by atoms with E-state index in [4.69, 9.17) is 25.5 Å². The van der Waals surface area contributed by atoms with E-state index in [9.17, 15) is 9.59 Å². The quantitative estimate of drug-likeness (QED) is 0.270. The predicted octanol–water partition coefficient (Wildman–Crippen LogP) is 6.45. The minimum Gasteiger partial charge on any atom is -0.493 e. The molecular weight excluding hydrogens is 480 g/mol. The molecule has 182 valence electrons. The summed E-state index contributed by atoms with van der Waals surface area (Å²) >= 11 is 6.20. The first-order valence-corrected chi connectivity index (χ1v) is 11.4. The Morgan fingerprint density at radius 3 is 2.36 bits per heavy atom. The van der Waals surface area contributed by atoms with E-state index in [1.165, 1.54) is 19.4 Å². The van der Waals surface area contributed by atoms with Crippen molar-refractivity contribution in [1.82, 2.24) is 5.32 Å². The maximum Gasteiger partial charge on any atom is 0.272 e. The van der Waals surface area contributed by atoms with Crippen molar-refractivity contribution in [3.05, 3.63) is 113 Å². The molecule has 0 spiro atoms. The SMILES string of the molecule is COc1ccccc1Oc1ccc(Cl)cc1NC(=O)/C(=C/c1ccco1)NC(=O)c1ccc(C)cc1. The fraction of sp³-hybridized carbons (Fsp3) is 0.0714. The van der Waals surface area contributed by atoms with Crippen molar-refractivity contribution in [3.8, 4) is 17.2 Å². The number of methoxy groups -OCH3 is 1. The number of nitrogens with one attached hydrogen (secondary N) is 2. The summed E-state index contributed by atoms with van der Waals surface area (Å²) in [4.78, 5) is 26.2. The standard InChI is InChI=1S/C28H23ClN2O5/c1-18-9-11-19(12-10-18)27(32)31-23(17-21-6-5-15-35-21)28(33)30-22-16-20(29)13-14-24(22)36-26-8-4-3-7-25(26)34-2/h3-17H,1-2H3,(H,30,33)(H,31,32)/b23-17-. The number of carbonyl (C=O) groups is 2. The molecule has 4 rings (SSSR count). The van der Waals surface area contributed by atoms with Gasteiger partial charge in [-0.05, 0) is 61.5 Å². The minimum atomic E-state index is -0.598. The van der Waals surface area contributed by atoms with Crippen LogP contribution in [-0.2, 0) is 4.79 Å². The molecule has 2 amide bonds. The molecule has 0 bridgehead atoms. The van der Waals surface area contributed by atoms with Crippen LogP contribution in [0.2, 0.25) is 5.02 Å². The smallest absolute Gasteiger partial charge is 0.272 e. The zero-order valence-corrected chi connectivity index (χ0v) is 20.3. The number of rotatable bonds is 8. The zero-order chi connectivity index (χ0) is 25.5. The Labute approximate surface area is 213 Å². The maximum atomic E-state index is 13.3. The lowest BCUT2D eigenvalue weighted by Crippen LogP contribution is -2.30. The minimum absolute atomic E-state index is 0.0289. The first-order valence-electron chi connectivity index (χ1n) is 11.0. The van der Waals surface area contributed by atoms with Crippen LogP contribution >= 0.6 is 11.6 Å². The van der Waals surface area contributed by atoms with Gasteiger partial charge in [0, 0.05) is 16.7 Å². The van der Waals surface area contributed by atoms with Crippen molar-refractivity contribution in [3.63, 3.8) is 0 Å². The van der Waals surface area contributed by atoms with Gasteiger partial charge < -0.3 is 24.5 Å². The summed E-state index contributed by atoms with van der Waals surface area (Å²) in [6, 6.07) is 22.3. The third-order valence-electron chi connectivity index (χ3n) is 5.12. The van der Waals surface area contributed by atoms with Gasteiger partial charge in [-0.1, -0.05) is 41.4 Å². The van der Waals surface area contributed by atoms with Crippen LogP contribution in [0.5, 0.6) is 17.2 Å². The Hall–Kier alpha value is -4.49. The van der Waals surface area contributed by atoms with Crippen LogP contribution in [0, 0.1) is 6.92 Å². The van der Waals surface area contributed by atoms with E-state index in [0.29, 0.717) is 39.3 Å². The van der Waals surface area contributed by atoms with E-state index in [0.717, 1.165) is 5.56 Å². The number of ether oxygens (including phenoxy) is 2. The van der Waals surface area contributed by atoms with Crippen LogP contribution in [0.3, 0.4) is 0 Å². The lowest BCUT2D eigenvalue weighted by molar-refractivity contribution is -0.113. The lowest BCUT2D eigenvalue weighted by atomic mass is 10.1. The van der Waals surface area contributed by atoms with Gasteiger partial charge in [-0.15, -0.1) is 0 Å². The monoisotopic (exact) mass is 502 g/mol. The first-order chi connectivity index (χ1) is 17.4. The van der Waals surface area contributed by atoms with E-state index >= 15 is 0 Å². The maximum absolute atomic E-state index is 13.3. The van der Waals surface area contributed by atoms with Crippen LogP contribution in [0.15, 0.2) is 95.2 Å². The number of para-hydroxylation sites is 2. The van der Waals surface area contributed by atoms with Crippen molar-refractivity contribution < 1.29 is 23.5 Å². The molecule has 0 aliphatic heterocycles. The summed E-state index contributed by atoms with van der Waals surface area (Å²) in [7, 11) is 1.54. The molecule has 1 aromatic heterocycles. The fourth-order valence-electron chi connectivity index (χ4n) is 3.27. The normalized spacial score (nSPS) is 11.0. The van der Waals surface area contributed by atoms with Crippen molar-refractivity contribution >= 4 is 35.2 Å². The molecule has 0 atom stereocenters. The van der Waals surface area contributed by atoms with E-state index in [-0.39, 0.29) is 5.70 Å². The van der Waals surface area contributed by atoms with Crippen molar-refractivity contribution in [2.75, 3.05) is 12.4 Å². The third-order valence-corrected chi connectivity index (χ3v) is 5.35. The zero-order valence-electron chi connectivity index (χ0n) is 19.6. The Balaban J connectivity index is 1.62. The van der Waals surface area contributed by atoms with E-state index in [1.54, 1.807) is 60.7 Å². The summed E-state index contributed by atoms with van der Waals surface area (Å²) in [5.74, 6) is 0.657. The summed E-state index contributed by atoms with van der Waals surface area (Å²) in [6.45, 7) is 1.92. The fourth-order valence-corrected chi connectivity index (χ4v) is 3.45. The largest absolute Gasteiger partial charge is 0.493 e. The van der Waals surface area contributed by atoms with E-state index < -0.39 is 11.8 Å². The molecule has 7 nitrogen and oxygen atoms in total. The van der Waals surface area contributed by atoms with E-state index in [1.807, 2.05) is 25.1 Å². The van der Waals surface area contributed by atoms with Crippen LogP contribution < -0.4 is 20.1 Å². The Morgan fingerprint density at radius 1 is 0.917 bits per heavy atom. The van der Waals surface area contributed by atoms with Crippen LogP contribution in [0.25, 0.3) is 6.08 Å². The molecule has 8 heteroatoms. The number of carbonyl (C=O) groups excluding carboxylic acids is 2. The number of hydrogen-bond acceptors (Lipinski definition) is 5. The van der Waals surface area contributed by atoms with Gasteiger partial charge in [0.05, 0.1) is 19.1 Å². The van der Waals surface area contributed by atoms with Gasteiger partial charge in [-0.3, -0.25) is 9.59 Å². The second kappa shape index (κ2) is 11.3. The number of furan rings is 1. The Kier molecular flexibility index (Phi) is 7.72. The van der Waals surface area contributed by atoms with Gasteiger partial charge in [0.2, 0.25) is 0 Å². The molecular formula is C28H23ClN2O5. The molecule has 1 heterocycles. The first kappa shape index (κ1) is 24.6. The predicted molar refractivity (Wildman–Crippen MR) is 138 cm³/mol. The van der Waals surface area contributed by atoms with Crippen molar-refractivity contribution in [2.45, 2.75) is 6.92 Å². The van der Waals surface area contributed by atoms with Gasteiger partial charge in [-0.25, -0.2) is 0 Å². The van der Waals surface area contributed by atoms with Gasteiger partial charge in [0.1, 0.15) is 11.5 Å². The summed E-state index contributed by atoms with van der Waals surface area (Å²) in [5.41, 5.74) is 1.69. The highest BCUT2D eigenvalue weighted by Crippen LogP contribution is 2.36. The van der Waals surface area contributed by atoms with Crippen molar-refractivity contribution in [1.29, 1.82) is 0 Å². The molecule has 0 saturated heterocycles. The molecule has 0 radical (unpaired) electrons. The molecule has 36 heavy (non-hydrogen) atoms. The molecule has 4 aromatic rings. The average Bonchev–Trinajstić information content (AvgIpc) is 3.39. The molecule has 0 aliphatic carbocycles. The van der Waals surface area contributed by atoms with Crippen LogP contribution in [-0.4, -0.2) is 18.9 Å². The molecule has 3 aromatic carbocycles. The number of halogens is 1. The summed E-state index contributed by atoms with van der Waals surface area (Å²) in [5, 5.41) is 5.83. The van der Waals surface area contributed by atoms with Gasteiger partial charge in [0.15, 0.2) is 17.2 Å². The molecule has 0 saturated carbocycles. The van der Waals surface area contributed by atoms with Crippen LogP contribution in [0.4, 0.5) is 5.69 Å². The second-order valence-electron chi connectivity index (χ2n) is 7.74. The van der Waals surface area contributed by atoms with Gasteiger partial charge >= 0.3 is 0 Å². The topological polar surface area (TPSA) is 89.8 Å². The average molecular weight is 503 g/mol. The Morgan fingerprint density at radius 2 is 1.67 bits per heavy atom. The molecule has 0 unspecified atom stereocenters. The number of amides is 2.